The van der Waals surface area contributed by atoms with Gasteiger partial charge in [-0.2, -0.15) is 0 Å². The summed E-state index contributed by atoms with van der Waals surface area (Å²) in [7, 11) is 0. The van der Waals surface area contributed by atoms with E-state index in [4.69, 9.17) is 9.84 Å². The largest absolute Gasteiger partial charge is 0.507 e. The van der Waals surface area contributed by atoms with Crippen molar-refractivity contribution < 1.29 is 29.3 Å². The van der Waals surface area contributed by atoms with Crippen LogP contribution in [0.2, 0.25) is 0 Å². The quantitative estimate of drug-likeness (QED) is 0.530. The van der Waals surface area contributed by atoms with Gasteiger partial charge < -0.3 is 20.3 Å². The van der Waals surface area contributed by atoms with Crippen LogP contribution in [0.15, 0.2) is 48.5 Å². The molecule has 1 unspecified atom stereocenters. The van der Waals surface area contributed by atoms with Gasteiger partial charge in [-0.25, -0.2) is 0 Å². The smallest absolute Gasteiger partial charge is 0.307 e. The molecule has 7 nitrogen and oxygen atoms in total. The van der Waals surface area contributed by atoms with Crippen LogP contribution in [0.1, 0.15) is 31.7 Å². The highest BCUT2D eigenvalue weighted by Crippen LogP contribution is 2.28. The fraction of sp³-hybridized carbons (Fsp3) is 0.318. The number of phenolic OH excluding ortho intramolecular Hbond substituents is 1. The van der Waals surface area contributed by atoms with E-state index >= 15 is 0 Å². The van der Waals surface area contributed by atoms with Gasteiger partial charge in [-0.1, -0.05) is 42.5 Å². The third-order valence-electron chi connectivity index (χ3n) is 4.30. The predicted octanol–water partition coefficient (Wildman–Crippen LogP) is 2.90. The monoisotopic (exact) mass is 399 g/mol. The maximum atomic E-state index is 12.0. The molecule has 2 rings (SSSR count). The number of carboxylic acids is 1. The molecule has 2 aromatic rings. The van der Waals surface area contributed by atoms with Gasteiger partial charge in [-0.3, -0.25) is 14.4 Å². The van der Waals surface area contributed by atoms with Crippen molar-refractivity contribution in [1.82, 2.24) is 5.32 Å². The molecule has 0 bridgehead atoms. The van der Waals surface area contributed by atoms with Gasteiger partial charge in [0.05, 0.1) is 19.4 Å². The molecule has 0 radical (unpaired) electrons. The molecular weight excluding hydrogens is 374 g/mol. The molecule has 0 saturated heterocycles. The summed E-state index contributed by atoms with van der Waals surface area (Å²) in [6.45, 7) is 1.95. The zero-order valence-corrected chi connectivity index (χ0v) is 16.3. The highest BCUT2D eigenvalue weighted by Gasteiger charge is 2.18. The number of nitrogens with one attached hydrogen (secondary N) is 1. The fourth-order valence-corrected chi connectivity index (χ4v) is 2.94. The summed E-state index contributed by atoms with van der Waals surface area (Å²) < 4.78 is 4.97. The maximum absolute atomic E-state index is 12.0. The Bertz CT molecular complexity index is 847. The Morgan fingerprint density at radius 2 is 1.72 bits per heavy atom. The van der Waals surface area contributed by atoms with Crippen molar-refractivity contribution in [1.29, 1.82) is 0 Å². The van der Waals surface area contributed by atoms with Gasteiger partial charge in [-0.05, 0) is 30.5 Å². The van der Waals surface area contributed by atoms with Crippen LogP contribution in [-0.4, -0.2) is 40.7 Å². The molecule has 29 heavy (non-hydrogen) atoms. The number of carbonyl (C=O) groups excluding carboxylic acids is 2. The minimum absolute atomic E-state index is 0.00608. The van der Waals surface area contributed by atoms with Crippen LogP contribution in [0, 0.1) is 0 Å². The van der Waals surface area contributed by atoms with Crippen LogP contribution < -0.4 is 5.32 Å². The van der Waals surface area contributed by atoms with Crippen molar-refractivity contribution in [2.75, 3.05) is 6.61 Å². The van der Waals surface area contributed by atoms with Gasteiger partial charge in [0.1, 0.15) is 5.75 Å². The highest BCUT2D eigenvalue weighted by molar-refractivity contribution is 5.81. The Hall–Kier alpha value is -3.35. The number of hydrogen-bond acceptors (Lipinski definition) is 5. The van der Waals surface area contributed by atoms with E-state index in [-0.39, 0.29) is 31.6 Å². The number of phenols is 1. The van der Waals surface area contributed by atoms with Gasteiger partial charge in [0.2, 0.25) is 5.91 Å². The van der Waals surface area contributed by atoms with Crippen LogP contribution in [0.5, 0.6) is 5.75 Å². The van der Waals surface area contributed by atoms with Crippen molar-refractivity contribution in [3.63, 3.8) is 0 Å². The topological polar surface area (TPSA) is 113 Å². The average Bonchev–Trinajstić information content (AvgIpc) is 2.67. The van der Waals surface area contributed by atoms with Crippen molar-refractivity contribution in [2.45, 2.75) is 38.6 Å². The lowest BCUT2D eigenvalue weighted by Crippen LogP contribution is -2.38. The van der Waals surface area contributed by atoms with E-state index in [0.29, 0.717) is 12.0 Å². The lowest BCUT2D eigenvalue weighted by molar-refractivity contribution is -0.144. The van der Waals surface area contributed by atoms with E-state index < -0.39 is 23.9 Å². The number of carbonyl (C=O) groups is 3. The Morgan fingerprint density at radius 1 is 1.03 bits per heavy atom. The first-order valence-electron chi connectivity index (χ1n) is 9.43. The third-order valence-corrected chi connectivity index (χ3v) is 4.30. The van der Waals surface area contributed by atoms with Crippen LogP contribution in [0.25, 0.3) is 11.1 Å². The molecule has 7 heteroatoms. The van der Waals surface area contributed by atoms with E-state index in [1.807, 2.05) is 36.4 Å². The van der Waals surface area contributed by atoms with Crippen LogP contribution in [0.4, 0.5) is 0 Å². The van der Waals surface area contributed by atoms with E-state index in [0.717, 1.165) is 11.1 Å². The molecule has 0 aromatic heterocycles. The van der Waals surface area contributed by atoms with Gasteiger partial charge in [0, 0.05) is 18.0 Å². The minimum atomic E-state index is -1.05. The fourth-order valence-electron chi connectivity index (χ4n) is 2.94. The summed E-state index contributed by atoms with van der Waals surface area (Å²) in [6.07, 6.45) is -0.0410. The molecule has 3 N–H and O–H groups in total. The zero-order chi connectivity index (χ0) is 21.2. The number of aromatic hydroxyl groups is 1. The summed E-state index contributed by atoms with van der Waals surface area (Å²) in [6, 6.07) is 14.0. The molecule has 0 fully saturated rings. The minimum Gasteiger partial charge on any atom is -0.507 e. The van der Waals surface area contributed by atoms with E-state index in [1.165, 1.54) is 0 Å². The normalized spacial score (nSPS) is 11.5. The van der Waals surface area contributed by atoms with Crippen molar-refractivity contribution >= 4 is 17.8 Å². The van der Waals surface area contributed by atoms with Crippen molar-refractivity contribution in [2.24, 2.45) is 0 Å². The van der Waals surface area contributed by atoms with Crippen LogP contribution >= 0.6 is 0 Å². The second-order valence-corrected chi connectivity index (χ2v) is 6.59. The maximum Gasteiger partial charge on any atom is 0.307 e. The number of rotatable bonds is 10. The van der Waals surface area contributed by atoms with E-state index in [1.54, 1.807) is 19.1 Å². The second kappa shape index (κ2) is 10.8. The van der Waals surface area contributed by atoms with E-state index in [9.17, 15) is 19.5 Å². The summed E-state index contributed by atoms with van der Waals surface area (Å²) in [5, 5.41) is 21.4. The molecule has 154 valence electrons. The average molecular weight is 399 g/mol. The van der Waals surface area contributed by atoms with Crippen molar-refractivity contribution in [3.05, 3.63) is 54.1 Å². The van der Waals surface area contributed by atoms with Crippen LogP contribution in [0.3, 0.4) is 0 Å². The number of ether oxygens (including phenoxy) is 1. The number of aliphatic carboxylic acids is 1. The first kappa shape index (κ1) is 21.9. The number of hydrogen-bond donors (Lipinski definition) is 3. The summed E-state index contributed by atoms with van der Waals surface area (Å²) in [4.78, 5) is 34.5. The number of amides is 1. The molecule has 1 atom stereocenters. The standard InChI is InChI=1S/C22H25NO6/c1-2-29-22(28)14-17(23-20(25)11-12-21(26)27)13-15-7-9-16(10-8-15)18-5-3-4-6-19(18)24/h3-10,17,24H,2,11-14H2,1H3,(H,23,25)(H,26,27). The molecule has 0 saturated carbocycles. The second-order valence-electron chi connectivity index (χ2n) is 6.59. The Labute approximate surface area is 169 Å². The lowest BCUT2D eigenvalue weighted by Gasteiger charge is -2.18. The molecule has 0 aliphatic carbocycles. The zero-order valence-electron chi connectivity index (χ0n) is 16.3. The summed E-state index contributed by atoms with van der Waals surface area (Å²) >= 11 is 0. The summed E-state index contributed by atoms with van der Waals surface area (Å²) in [5.74, 6) is -1.72. The van der Waals surface area contributed by atoms with Crippen molar-refractivity contribution in [3.8, 4) is 16.9 Å². The SMILES string of the molecule is CCOC(=O)CC(Cc1ccc(-c2ccccc2O)cc1)NC(=O)CCC(=O)O. The molecule has 2 aromatic carbocycles. The van der Waals surface area contributed by atoms with Gasteiger partial charge in [0.15, 0.2) is 0 Å². The van der Waals surface area contributed by atoms with Gasteiger partial charge in [0.25, 0.3) is 0 Å². The number of para-hydroxylation sites is 1. The first-order valence-corrected chi connectivity index (χ1v) is 9.43. The first-order chi connectivity index (χ1) is 13.9. The Balaban J connectivity index is 2.08. The summed E-state index contributed by atoms with van der Waals surface area (Å²) in [5.41, 5.74) is 2.44. The molecule has 0 aliphatic heterocycles. The molecule has 0 heterocycles. The molecule has 0 spiro atoms. The van der Waals surface area contributed by atoms with E-state index in [2.05, 4.69) is 5.32 Å². The highest BCUT2D eigenvalue weighted by atomic mass is 16.5. The molecular formula is C22H25NO6. The molecule has 0 aliphatic rings. The third kappa shape index (κ3) is 7.29. The van der Waals surface area contributed by atoms with Gasteiger partial charge >= 0.3 is 11.9 Å². The lowest BCUT2D eigenvalue weighted by atomic mass is 9.99. The number of carboxylic acid groups (broad SMARTS) is 1. The van der Waals surface area contributed by atoms with Gasteiger partial charge in [-0.15, -0.1) is 0 Å². The number of benzene rings is 2. The Morgan fingerprint density at radius 3 is 2.34 bits per heavy atom. The molecule has 1 amide bonds. The number of esters is 1. The van der Waals surface area contributed by atoms with Crippen LogP contribution in [-0.2, 0) is 25.5 Å². The predicted molar refractivity (Wildman–Crippen MR) is 107 cm³/mol. The Kier molecular flexibility index (Phi) is 8.21.